The Labute approximate surface area is 206 Å². The van der Waals surface area contributed by atoms with Gasteiger partial charge in [0.1, 0.15) is 17.1 Å². The summed E-state index contributed by atoms with van der Waals surface area (Å²) in [7, 11) is 3.13. The van der Waals surface area contributed by atoms with Crippen molar-refractivity contribution in [2.24, 2.45) is 4.99 Å². The number of carbonyl (C=O) groups is 1. The number of amides is 1. The molecule has 35 heavy (non-hydrogen) atoms. The smallest absolute Gasteiger partial charge is 0.261 e. The van der Waals surface area contributed by atoms with Crippen molar-refractivity contribution in [1.82, 2.24) is 20.1 Å². The molecule has 186 valence electrons. The van der Waals surface area contributed by atoms with Crippen LogP contribution in [-0.2, 0) is 0 Å². The molecule has 2 N–H and O–H groups in total. The third kappa shape index (κ3) is 7.58. The van der Waals surface area contributed by atoms with Crippen molar-refractivity contribution in [1.29, 1.82) is 5.26 Å². The van der Waals surface area contributed by atoms with Gasteiger partial charge in [-0.05, 0) is 43.7 Å². The maximum absolute atomic E-state index is 13.1. The number of nitrogens with one attached hydrogen (secondary N) is 2. The lowest BCUT2D eigenvalue weighted by Gasteiger charge is -2.35. The topological polar surface area (TPSA) is 115 Å². The van der Waals surface area contributed by atoms with Crippen LogP contribution in [0.25, 0.3) is 0 Å². The van der Waals surface area contributed by atoms with Crippen LogP contribution in [0.15, 0.2) is 47.7 Å². The molecule has 1 amide bonds. The van der Waals surface area contributed by atoms with E-state index in [1.165, 1.54) is 0 Å². The number of hydrogen-bond donors (Lipinski definition) is 2. The SMILES string of the molecule is COc1cccc(OC)c1C(=O)N1CCN(CCCCCNC(=NC#N)Nc2cccnc2)CC1. The van der Waals surface area contributed by atoms with Crippen molar-refractivity contribution in [2.45, 2.75) is 19.3 Å². The molecular formula is C25H33N7O3. The molecule has 1 aliphatic rings. The highest BCUT2D eigenvalue weighted by Gasteiger charge is 2.26. The van der Waals surface area contributed by atoms with Crippen molar-refractivity contribution in [3.63, 3.8) is 0 Å². The second kappa shape index (κ2) is 13.8. The summed E-state index contributed by atoms with van der Waals surface area (Å²) in [4.78, 5) is 25.2. The minimum atomic E-state index is -0.0558. The van der Waals surface area contributed by atoms with Crippen molar-refractivity contribution < 1.29 is 14.3 Å². The highest BCUT2D eigenvalue weighted by atomic mass is 16.5. The summed E-state index contributed by atoms with van der Waals surface area (Å²) in [5.74, 6) is 1.43. The molecule has 1 saturated heterocycles. The van der Waals surface area contributed by atoms with Gasteiger partial charge in [0.15, 0.2) is 0 Å². The maximum Gasteiger partial charge on any atom is 0.261 e. The largest absolute Gasteiger partial charge is 0.496 e. The van der Waals surface area contributed by atoms with Crippen LogP contribution in [0.5, 0.6) is 11.5 Å². The fourth-order valence-electron chi connectivity index (χ4n) is 3.97. The quantitative estimate of drug-likeness (QED) is 0.231. The van der Waals surface area contributed by atoms with Gasteiger partial charge in [-0.3, -0.25) is 14.7 Å². The number of rotatable bonds is 10. The molecule has 0 radical (unpaired) electrons. The lowest BCUT2D eigenvalue weighted by molar-refractivity contribution is 0.0628. The number of methoxy groups -OCH3 is 2. The molecule has 0 bridgehead atoms. The third-order valence-corrected chi connectivity index (χ3v) is 5.83. The van der Waals surface area contributed by atoms with Crippen molar-refractivity contribution in [3.8, 4) is 17.7 Å². The standard InChI is InChI=1S/C25H33N7O3/c1-34-21-9-6-10-22(35-2)23(21)24(33)32-16-14-31(15-17-32)13-5-3-4-12-28-25(29-19-26)30-20-8-7-11-27-18-20/h6-11,18H,3-5,12-17H2,1-2H3,(H2,28,29,30). The molecule has 3 rings (SSSR count). The van der Waals surface area contributed by atoms with Gasteiger partial charge < -0.3 is 25.0 Å². The third-order valence-electron chi connectivity index (χ3n) is 5.83. The van der Waals surface area contributed by atoms with Gasteiger partial charge in [-0.25, -0.2) is 0 Å². The Morgan fingerprint density at radius 3 is 2.46 bits per heavy atom. The molecule has 10 heteroatoms. The Morgan fingerprint density at radius 2 is 1.83 bits per heavy atom. The molecule has 0 saturated carbocycles. The second-order valence-corrected chi connectivity index (χ2v) is 8.09. The number of nitriles is 1. The summed E-state index contributed by atoms with van der Waals surface area (Å²) in [5.41, 5.74) is 1.26. The van der Waals surface area contributed by atoms with Crippen LogP contribution in [0.2, 0.25) is 0 Å². The van der Waals surface area contributed by atoms with Crippen LogP contribution >= 0.6 is 0 Å². The predicted octanol–water partition coefficient (Wildman–Crippen LogP) is 2.57. The lowest BCUT2D eigenvalue weighted by atomic mass is 10.1. The van der Waals surface area contributed by atoms with E-state index in [9.17, 15) is 4.79 Å². The Balaban J connectivity index is 1.35. The van der Waals surface area contributed by atoms with E-state index in [-0.39, 0.29) is 5.91 Å². The summed E-state index contributed by atoms with van der Waals surface area (Å²) >= 11 is 0. The van der Waals surface area contributed by atoms with E-state index < -0.39 is 0 Å². The first kappa shape index (κ1) is 25.8. The lowest BCUT2D eigenvalue weighted by Crippen LogP contribution is -2.49. The van der Waals surface area contributed by atoms with Gasteiger partial charge >= 0.3 is 0 Å². The van der Waals surface area contributed by atoms with Crippen molar-refractivity contribution in [2.75, 3.05) is 58.8 Å². The summed E-state index contributed by atoms with van der Waals surface area (Å²) in [6, 6.07) is 9.06. The number of anilines is 1. The molecular weight excluding hydrogens is 446 g/mol. The molecule has 1 aromatic carbocycles. The average Bonchev–Trinajstić information content (AvgIpc) is 2.90. The van der Waals surface area contributed by atoms with Crippen LogP contribution in [-0.4, -0.2) is 80.1 Å². The molecule has 10 nitrogen and oxygen atoms in total. The molecule has 2 heterocycles. The summed E-state index contributed by atoms with van der Waals surface area (Å²) < 4.78 is 10.8. The van der Waals surface area contributed by atoms with E-state index in [0.29, 0.717) is 36.1 Å². The minimum absolute atomic E-state index is 0.0558. The molecule has 0 spiro atoms. The monoisotopic (exact) mass is 479 g/mol. The van der Waals surface area contributed by atoms with E-state index in [1.807, 2.05) is 29.3 Å². The van der Waals surface area contributed by atoms with Gasteiger partial charge in [0.2, 0.25) is 12.2 Å². The Kier molecular flexibility index (Phi) is 10.1. The fourth-order valence-corrected chi connectivity index (χ4v) is 3.97. The van der Waals surface area contributed by atoms with E-state index in [1.54, 1.807) is 38.7 Å². The van der Waals surface area contributed by atoms with E-state index in [4.69, 9.17) is 14.7 Å². The normalized spacial score (nSPS) is 14.2. The minimum Gasteiger partial charge on any atom is -0.496 e. The van der Waals surface area contributed by atoms with E-state index >= 15 is 0 Å². The molecule has 0 aliphatic carbocycles. The first-order chi connectivity index (χ1) is 17.2. The van der Waals surface area contributed by atoms with Crippen molar-refractivity contribution >= 4 is 17.6 Å². The van der Waals surface area contributed by atoms with Crippen LogP contribution in [0.1, 0.15) is 29.6 Å². The highest BCUT2D eigenvalue weighted by Crippen LogP contribution is 2.29. The number of aromatic nitrogens is 1. The number of aliphatic imine (C=N–C) groups is 1. The zero-order valence-corrected chi connectivity index (χ0v) is 20.4. The van der Waals surface area contributed by atoms with Crippen molar-refractivity contribution in [3.05, 3.63) is 48.3 Å². The number of hydrogen-bond acceptors (Lipinski definition) is 7. The van der Waals surface area contributed by atoms with Crippen LogP contribution in [0.3, 0.4) is 0 Å². The number of carbonyl (C=O) groups excluding carboxylic acids is 1. The average molecular weight is 480 g/mol. The van der Waals surface area contributed by atoms with Gasteiger partial charge in [0.25, 0.3) is 5.91 Å². The van der Waals surface area contributed by atoms with Gasteiger partial charge in [-0.2, -0.15) is 5.26 Å². The zero-order chi connectivity index (χ0) is 24.9. The number of guanidine groups is 1. The van der Waals surface area contributed by atoms with E-state index in [2.05, 4.69) is 25.5 Å². The van der Waals surface area contributed by atoms with Crippen LogP contribution < -0.4 is 20.1 Å². The van der Waals surface area contributed by atoms with Gasteiger partial charge in [-0.1, -0.05) is 12.5 Å². The number of piperazine rings is 1. The molecule has 0 atom stereocenters. The zero-order valence-electron chi connectivity index (χ0n) is 20.4. The number of ether oxygens (including phenoxy) is 2. The molecule has 2 aromatic rings. The van der Waals surface area contributed by atoms with Gasteiger partial charge in [-0.15, -0.1) is 4.99 Å². The molecule has 1 aliphatic heterocycles. The number of unbranched alkanes of at least 4 members (excludes halogenated alkanes) is 2. The first-order valence-corrected chi connectivity index (χ1v) is 11.8. The summed E-state index contributed by atoms with van der Waals surface area (Å²) in [6.07, 6.45) is 8.26. The van der Waals surface area contributed by atoms with Gasteiger partial charge in [0.05, 0.1) is 26.1 Å². The number of nitrogens with zero attached hydrogens (tertiary/aromatic N) is 5. The second-order valence-electron chi connectivity index (χ2n) is 8.09. The number of benzene rings is 1. The molecule has 1 fully saturated rings. The fraction of sp³-hybridized carbons (Fsp3) is 0.440. The Bertz CT molecular complexity index is 993. The Morgan fingerprint density at radius 1 is 1.09 bits per heavy atom. The highest BCUT2D eigenvalue weighted by molar-refractivity contribution is 5.99. The first-order valence-electron chi connectivity index (χ1n) is 11.8. The maximum atomic E-state index is 13.1. The molecule has 0 unspecified atom stereocenters. The summed E-state index contributed by atoms with van der Waals surface area (Å²) in [6.45, 7) is 4.75. The van der Waals surface area contributed by atoms with Crippen LogP contribution in [0, 0.1) is 11.5 Å². The molecule has 1 aromatic heterocycles. The Hall–Kier alpha value is -3.84. The van der Waals surface area contributed by atoms with E-state index in [0.717, 1.165) is 51.1 Å². The van der Waals surface area contributed by atoms with Gasteiger partial charge in [0, 0.05) is 38.9 Å². The summed E-state index contributed by atoms with van der Waals surface area (Å²) in [5, 5.41) is 15.1. The number of pyridine rings is 1. The van der Waals surface area contributed by atoms with Crippen LogP contribution in [0.4, 0.5) is 5.69 Å². The predicted molar refractivity (Wildman–Crippen MR) is 135 cm³/mol.